The summed E-state index contributed by atoms with van der Waals surface area (Å²) in [6, 6.07) is 13.4. The van der Waals surface area contributed by atoms with Crippen molar-refractivity contribution in [3.63, 3.8) is 0 Å². The van der Waals surface area contributed by atoms with Crippen molar-refractivity contribution < 1.29 is 24.2 Å². The lowest BCUT2D eigenvalue weighted by molar-refractivity contribution is -0.142. The number of hydrogen-bond donors (Lipinski definition) is 2. The number of anilines is 1. The number of likely N-dealkylation sites (tertiary alicyclic amines) is 3. The van der Waals surface area contributed by atoms with Gasteiger partial charge in [-0.3, -0.25) is 4.79 Å². The van der Waals surface area contributed by atoms with Crippen molar-refractivity contribution in [3.05, 3.63) is 58.1 Å². The summed E-state index contributed by atoms with van der Waals surface area (Å²) in [5, 5.41) is 13.0. The summed E-state index contributed by atoms with van der Waals surface area (Å²) in [7, 11) is 0. The van der Waals surface area contributed by atoms with Gasteiger partial charge in [-0.05, 0) is 103 Å². The maximum absolute atomic E-state index is 13.9. The smallest absolute Gasteiger partial charge is 0.410 e. The fourth-order valence-electron chi connectivity index (χ4n) is 7.30. The first-order valence-electron chi connectivity index (χ1n) is 16.5. The van der Waals surface area contributed by atoms with Crippen molar-refractivity contribution in [1.29, 1.82) is 0 Å². The number of benzene rings is 2. The molecule has 2 aromatic carbocycles. The first-order valence-corrected chi connectivity index (χ1v) is 17.3. The van der Waals surface area contributed by atoms with Gasteiger partial charge in [0, 0.05) is 56.9 Å². The molecule has 1 atom stereocenters. The number of rotatable bonds is 6. The highest BCUT2D eigenvalue weighted by Crippen LogP contribution is 2.28. The number of nitrogens with zero attached hydrogens (tertiary/aromatic N) is 4. The van der Waals surface area contributed by atoms with Crippen molar-refractivity contribution in [3.8, 4) is 5.75 Å². The number of para-hydroxylation sites is 1. The fraction of sp³-hybridized carbons (Fsp3) is 0.559. The van der Waals surface area contributed by atoms with Crippen LogP contribution in [0.4, 0.5) is 15.3 Å². The predicted molar refractivity (Wildman–Crippen MR) is 175 cm³/mol. The van der Waals surface area contributed by atoms with E-state index in [1.54, 1.807) is 23.1 Å². The van der Waals surface area contributed by atoms with Crippen LogP contribution in [0.5, 0.6) is 5.75 Å². The van der Waals surface area contributed by atoms with Gasteiger partial charge in [0.05, 0.1) is 4.47 Å². The highest BCUT2D eigenvalue weighted by Gasteiger charge is 2.36. The quantitative estimate of drug-likeness (QED) is 0.433. The normalized spacial score (nSPS) is 21.1. The van der Waals surface area contributed by atoms with E-state index in [0.29, 0.717) is 56.1 Å². The molecule has 11 heteroatoms. The fourth-order valence-corrected chi connectivity index (χ4v) is 7.73. The first kappa shape index (κ1) is 31.7. The van der Waals surface area contributed by atoms with Crippen LogP contribution >= 0.6 is 15.9 Å². The highest BCUT2D eigenvalue weighted by molar-refractivity contribution is 9.10. The van der Waals surface area contributed by atoms with Crippen LogP contribution in [0.3, 0.4) is 0 Å². The largest absolute Gasteiger partial charge is 0.507 e. The summed E-state index contributed by atoms with van der Waals surface area (Å²) >= 11 is 3.36. The third kappa shape index (κ3) is 7.57. The molecule has 2 N–H and O–H groups in total. The van der Waals surface area contributed by atoms with Crippen LogP contribution in [0, 0.1) is 0 Å². The Hall–Kier alpha value is -3.31. The van der Waals surface area contributed by atoms with Gasteiger partial charge in [-0.1, -0.05) is 30.7 Å². The van der Waals surface area contributed by atoms with Crippen molar-refractivity contribution in [2.75, 3.05) is 51.1 Å². The van der Waals surface area contributed by atoms with Gasteiger partial charge in [-0.2, -0.15) is 0 Å². The minimum absolute atomic E-state index is 0.0244. The Labute approximate surface area is 273 Å². The molecule has 2 aromatic rings. The lowest BCUT2D eigenvalue weighted by atomic mass is 9.99. The predicted octanol–water partition coefficient (Wildman–Crippen LogP) is 5.23. The highest BCUT2D eigenvalue weighted by atomic mass is 79.9. The van der Waals surface area contributed by atoms with Crippen LogP contribution in [0.1, 0.15) is 56.1 Å². The summed E-state index contributed by atoms with van der Waals surface area (Å²) in [5.41, 5.74) is 2.78. The molecule has 0 unspecified atom stereocenters. The second-order valence-corrected chi connectivity index (χ2v) is 13.6. The molecule has 0 aliphatic carbocycles. The number of ether oxygens (including phenoxy) is 1. The van der Waals surface area contributed by atoms with E-state index in [0.717, 1.165) is 49.2 Å². The number of fused-ring (bicyclic) bond motifs is 1. The molecule has 6 rings (SSSR count). The molecule has 45 heavy (non-hydrogen) atoms. The third-order valence-electron chi connectivity index (χ3n) is 9.94. The Morgan fingerprint density at radius 1 is 0.889 bits per heavy atom. The number of carbonyl (C=O) groups is 3. The van der Waals surface area contributed by atoms with Crippen molar-refractivity contribution in [2.45, 2.75) is 76.0 Å². The molecule has 4 aliphatic rings. The molecule has 242 valence electrons. The van der Waals surface area contributed by atoms with E-state index in [1.165, 1.54) is 19.3 Å². The molecular weight excluding hydrogens is 638 g/mol. The number of hydrogen-bond acceptors (Lipinski definition) is 6. The van der Waals surface area contributed by atoms with E-state index in [1.807, 2.05) is 34.1 Å². The van der Waals surface area contributed by atoms with Gasteiger partial charge < -0.3 is 34.8 Å². The molecule has 0 saturated carbocycles. The molecule has 3 fully saturated rings. The Balaban J connectivity index is 1.07. The van der Waals surface area contributed by atoms with E-state index in [-0.39, 0.29) is 30.2 Å². The molecule has 3 saturated heterocycles. The monoisotopic (exact) mass is 681 g/mol. The van der Waals surface area contributed by atoms with Crippen LogP contribution in [-0.4, -0.2) is 107 Å². The molecule has 4 aliphatic heterocycles. The van der Waals surface area contributed by atoms with Crippen molar-refractivity contribution in [2.24, 2.45) is 0 Å². The van der Waals surface area contributed by atoms with Gasteiger partial charge in [0.15, 0.2) is 6.10 Å². The summed E-state index contributed by atoms with van der Waals surface area (Å²) in [5.74, 6) is -0.0522. The number of nitrogens with one attached hydrogen (secondary N) is 1. The van der Waals surface area contributed by atoms with Crippen LogP contribution in [-0.2, 0) is 22.4 Å². The van der Waals surface area contributed by atoms with Gasteiger partial charge in [0.2, 0.25) is 0 Å². The number of halogens is 1. The maximum atomic E-state index is 13.9. The van der Waals surface area contributed by atoms with Crippen LogP contribution < -0.4 is 5.32 Å². The second-order valence-electron chi connectivity index (χ2n) is 12.8. The Morgan fingerprint density at radius 3 is 2.31 bits per heavy atom. The topological polar surface area (TPSA) is 106 Å². The van der Waals surface area contributed by atoms with Crippen LogP contribution in [0.15, 0.2) is 46.9 Å². The van der Waals surface area contributed by atoms with E-state index < -0.39 is 12.2 Å². The molecular formula is C34H44BrN5O5. The van der Waals surface area contributed by atoms with E-state index in [9.17, 15) is 19.5 Å². The lowest BCUT2D eigenvalue weighted by Gasteiger charge is -2.41. The van der Waals surface area contributed by atoms with Crippen molar-refractivity contribution in [1.82, 2.24) is 19.6 Å². The Morgan fingerprint density at radius 2 is 1.58 bits per heavy atom. The molecule has 0 aromatic heterocycles. The molecule has 0 bridgehead atoms. The Bertz CT molecular complexity index is 1370. The zero-order valence-corrected chi connectivity index (χ0v) is 27.4. The summed E-state index contributed by atoms with van der Waals surface area (Å²) < 4.78 is 6.53. The zero-order valence-electron chi connectivity index (χ0n) is 25.8. The number of piperidine rings is 3. The number of amides is 4. The molecule has 0 radical (unpaired) electrons. The maximum Gasteiger partial charge on any atom is 0.410 e. The summed E-state index contributed by atoms with van der Waals surface area (Å²) in [4.78, 5) is 48.4. The summed E-state index contributed by atoms with van der Waals surface area (Å²) in [6.07, 6.45) is 6.48. The Kier molecular flexibility index (Phi) is 10.1. The first-order chi connectivity index (χ1) is 21.9. The minimum atomic E-state index is -0.965. The number of phenols is 1. The van der Waals surface area contributed by atoms with Gasteiger partial charge >= 0.3 is 12.1 Å². The average molecular weight is 683 g/mol. The van der Waals surface area contributed by atoms with Gasteiger partial charge in [0.1, 0.15) is 5.75 Å². The van der Waals surface area contributed by atoms with Crippen molar-refractivity contribution >= 4 is 39.6 Å². The molecule has 10 nitrogen and oxygen atoms in total. The number of urea groups is 1. The number of aromatic hydroxyl groups is 1. The van der Waals surface area contributed by atoms with Crippen LogP contribution in [0.2, 0.25) is 0 Å². The van der Waals surface area contributed by atoms with Gasteiger partial charge in [-0.25, -0.2) is 9.59 Å². The summed E-state index contributed by atoms with van der Waals surface area (Å²) in [6.45, 7) is 5.12. The lowest BCUT2D eigenvalue weighted by Crippen LogP contribution is -2.53. The van der Waals surface area contributed by atoms with E-state index >= 15 is 0 Å². The molecule has 4 amide bonds. The second kappa shape index (κ2) is 14.4. The van der Waals surface area contributed by atoms with Crippen LogP contribution in [0.25, 0.3) is 0 Å². The average Bonchev–Trinajstić information content (AvgIpc) is 3.24. The number of phenolic OH excluding ortho intramolecular Hbond substituents is 1. The minimum Gasteiger partial charge on any atom is -0.507 e. The van der Waals surface area contributed by atoms with E-state index in [4.69, 9.17) is 4.74 Å². The SMILES string of the molecule is O=C(O[C@H](Cc1ccc(O)c(Br)c1)C(=O)N1CCC(N2CCCCC2)CC1)N1CCC(N2CCc3ccccc3NC2=O)CC1. The molecule has 0 spiro atoms. The third-order valence-corrected chi connectivity index (χ3v) is 10.6. The standard InChI is InChI=1S/C34H44BrN5O5/c35-28-22-24(8-9-30(28)41)23-31(32(42)38-17-11-26(12-18-38)37-15-4-1-5-16-37)45-34(44)39-19-13-27(14-20-39)40-21-10-25-6-2-3-7-29(25)36-33(40)43/h2-3,6-9,22,26-27,31,41H,1,4-5,10-21,23H2,(H,36,43)/t31-/m1/s1. The number of carbonyl (C=O) groups excluding carboxylic acids is 3. The zero-order chi connectivity index (χ0) is 31.3. The van der Waals surface area contributed by atoms with Gasteiger partial charge in [0.25, 0.3) is 5.91 Å². The van der Waals surface area contributed by atoms with Gasteiger partial charge in [-0.15, -0.1) is 0 Å². The molecule has 4 heterocycles. The van der Waals surface area contributed by atoms with E-state index in [2.05, 4.69) is 26.1 Å².